The molecular formula is C32H44N4O15. The van der Waals surface area contributed by atoms with Crippen molar-refractivity contribution in [1.29, 1.82) is 0 Å². The number of para-hydroxylation sites is 2. The summed E-state index contributed by atoms with van der Waals surface area (Å²) in [6.07, 6.45) is -21.3. The van der Waals surface area contributed by atoms with Gasteiger partial charge in [-0.2, -0.15) is 0 Å². The van der Waals surface area contributed by atoms with Gasteiger partial charge in [-0.05, 0) is 30.7 Å². The van der Waals surface area contributed by atoms with E-state index in [1.165, 1.54) is 24.3 Å². The molecule has 0 bridgehead atoms. The van der Waals surface area contributed by atoms with Crippen LogP contribution < -0.4 is 31.6 Å². The molecule has 2 aromatic rings. The minimum atomic E-state index is -1.90. The zero-order valence-electron chi connectivity index (χ0n) is 27.1. The highest BCUT2D eigenvalue weighted by Crippen LogP contribution is 2.32. The molecule has 1 aliphatic carbocycles. The Bertz CT molecular complexity index is 1410. The third-order valence-electron chi connectivity index (χ3n) is 8.86. The second-order valence-electron chi connectivity index (χ2n) is 12.4. The maximum Gasteiger partial charge on any atom is 0.412 e. The van der Waals surface area contributed by atoms with Crippen molar-refractivity contribution in [2.75, 3.05) is 13.2 Å². The summed E-state index contributed by atoms with van der Waals surface area (Å²) in [5.41, 5.74) is 12.3. The third-order valence-corrected chi connectivity index (χ3v) is 8.86. The standard InChI is InChI=1S/C32H44N4O15/c33-16-11-17(36-32(45)47-15-9-5-2-6-10-15)28(26(43)27(16)50-29-23(40)20(34)21(38)19(13-37)49-29)51-30-25(42)24(41)22(39)18(48-30)12-35-31(44)46-14-7-3-1-4-8-14/h1-10,16-30,37-43H,11-13,33-34H2,(H,35,44)(H,36,45)/t16-,17+,18+,19+,20+,21-,22+,23+,24-,25+,26-,27+,28-,29+,30-/m0/s1. The van der Waals surface area contributed by atoms with Crippen molar-refractivity contribution in [3.63, 3.8) is 0 Å². The topological polar surface area (TPSA) is 307 Å². The summed E-state index contributed by atoms with van der Waals surface area (Å²) in [6, 6.07) is 12.6. The Morgan fingerprint density at radius 1 is 0.686 bits per heavy atom. The van der Waals surface area contributed by atoms with Crippen LogP contribution in [-0.2, 0) is 18.9 Å². The zero-order valence-corrected chi connectivity index (χ0v) is 27.1. The van der Waals surface area contributed by atoms with E-state index in [1.54, 1.807) is 36.4 Å². The molecule has 2 saturated heterocycles. The van der Waals surface area contributed by atoms with Crippen LogP contribution in [0.4, 0.5) is 9.59 Å². The van der Waals surface area contributed by atoms with E-state index < -0.39 is 117 Å². The molecule has 19 nitrogen and oxygen atoms in total. The lowest BCUT2D eigenvalue weighted by Crippen LogP contribution is -2.69. The van der Waals surface area contributed by atoms with Crippen LogP contribution in [0.3, 0.4) is 0 Å². The van der Waals surface area contributed by atoms with Gasteiger partial charge in [-0.15, -0.1) is 0 Å². The van der Waals surface area contributed by atoms with Crippen molar-refractivity contribution in [1.82, 2.24) is 10.6 Å². The molecule has 3 aliphatic rings. The Labute approximate surface area is 291 Å². The average Bonchev–Trinajstić information content (AvgIpc) is 3.11. The van der Waals surface area contributed by atoms with E-state index in [9.17, 15) is 45.3 Å². The number of amides is 2. The molecule has 2 heterocycles. The first-order valence-corrected chi connectivity index (χ1v) is 16.2. The lowest BCUT2D eigenvalue weighted by atomic mass is 9.83. The monoisotopic (exact) mass is 724 g/mol. The van der Waals surface area contributed by atoms with Crippen molar-refractivity contribution in [2.24, 2.45) is 11.5 Å². The van der Waals surface area contributed by atoms with Crippen LogP contribution in [0.2, 0.25) is 0 Å². The first-order valence-electron chi connectivity index (χ1n) is 16.2. The van der Waals surface area contributed by atoms with Gasteiger partial charge < -0.3 is 86.3 Å². The van der Waals surface area contributed by atoms with E-state index >= 15 is 0 Å². The molecule has 2 amide bonds. The number of carbonyl (C=O) groups is 2. The van der Waals surface area contributed by atoms with Gasteiger partial charge in [0.25, 0.3) is 0 Å². The molecule has 0 radical (unpaired) electrons. The van der Waals surface area contributed by atoms with Crippen LogP contribution in [0.5, 0.6) is 11.5 Å². The predicted molar refractivity (Wildman–Crippen MR) is 171 cm³/mol. The van der Waals surface area contributed by atoms with Crippen LogP contribution in [0.25, 0.3) is 0 Å². The molecule has 3 fully saturated rings. The minimum Gasteiger partial charge on any atom is -0.410 e. The van der Waals surface area contributed by atoms with Gasteiger partial charge in [0.15, 0.2) is 12.6 Å². The maximum atomic E-state index is 12.9. The summed E-state index contributed by atoms with van der Waals surface area (Å²) >= 11 is 0. The Kier molecular flexibility index (Phi) is 13.1. The van der Waals surface area contributed by atoms with Crippen LogP contribution in [0, 0.1) is 0 Å². The number of aliphatic hydroxyl groups is 7. The lowest BCUT2D eigenvalue weighted by Gasteiger charge is -2.48. The highest BCUT2D eigenvalue weighted by atomic mass is 16.7. The van der Waals surface area contributed by atoms with E-state index in [0.717, 1.165) is 0 Å². The summed E-state index contributed by atoms with van der Waals surface area (Å²) in [6.45, 7) is -1.09. The summed E-state index contributed by atoms with van der Waals surface area (Å²) in [5, 5.41) is 79.3. The average molecular weight is 725 g/mol. The highest BCUT2D eigenvalue weighted by Gasteiger charge is 2.52. The van der Waals surface area contributed by atoms with Crippen molar-refractivity contribution >= 4 is 12.2 Å². The highest BCUT2D eigenvalue weighted by molar-refractivity contribution is 5.71. The maximum absolute atomic E-state index is 12.9. The van der Waals surface area contributed by atoms with Gasteiger partial charge >= 0.3 is 12.2 Å². The van der Waals surface area contributed by atoms with Crippen LogP contribution in [0.1, 0.15) is 6.42 Å². The smallest absolute Gasteiger partial charge is 0.410 e. The quantitative estimate of drug-likeness (QED) is 0.113. The number of rotatable bonds is 10. The molecule has 0 aromatic heterocycles. The SMILES string of the molecule is N[C@@H]1[C@@H](O)[C@@H](CO)O[C@H](O[C@H]2[C@H](O)[C@@H](O[C@@H]3O[C@H](CNC(=O)Oc4ccccc4)[C@@H](O)[C@H](O)[C@H]3O)[C@H](NC(=O)Oc3ccccc3)C[C@@H]2N)[C@@H]1O. The van der Waals surface area contributed by atoms with E-state index in [-0.39, 0.29) is 17.9 Å². The Morgan fingerprint density at radius 3 is 1.84 bits per heavy atom. The number of carbonyl (C=O) groups excluding carboxylic acids is 2. The Balaban J connectivity index is 1.33. The van der Waals surface area contributed by atoms with Gasteiger partial charge in [-0.1, -0.05) is 36.4 Å². The van der Waals surface area contributed by atoms with E-state index in [1.807, 2.05) is 0 Å². The molecule has 13 N–H and O–H groups in total. The van der Waals surface area contributed by atoms with Gasteiger partial charge in [-0.25, -0.2) is 9.59 Å². The second kappa shape index (κ2) is 17.3. The van der Waals surface area contributed by atoms with Crippen LogP contribution >= 0.6 is 0 Å². The number of nitrogens with two attached hydrogens (primary N) is 2. The minimum absolute atomic E-state index is 0.165. The van der Waals surface area contributed by atoms with Gasteiger partial charge in [-0.3, -0.25) is 0 Å². The predicted octanol–water partition coefficient (Wildman–Crippen LogP) is -3.63. The number of hydrogen-bond acceptors (Lipinski definition) is 17. The van der Waals surface area contributed by atoms with E-state index in [2.05, 4.69) is 10.6 Å². The number of benzene rings is 2. The zero-order chi connectivity index (χ0) is 36.8. The van der Waals surface area contributed by atoms with Crippen molar-refractivity contribution in [3.8, 4) is 11.5 Å². The first kappa shape index (κ1) is 38.7. The molecule has 19 heteroatoms. The van der Waals surface area contributed by atoms with E-state index in [0.29, 0.717) is 0 Å². The molecule has 282 valence electrons. The van der Waals surface area contributed by atoms with Gasteiger partial charge in [0.2, 0.25) is 0 Å². The van der Waals surface area contributed by atoms with Crippen molar-refractivity contribution in [2.45, 2.75) is 98.2 Å². The summed E-state index contributed by atoms with van der Waals surface area (Å²) < 4.78 is 33.6. The van der Waals surface area contributed by atoms with Gasteiger partial charge in [0.1, 0.15) is 72.5 Å². The molecule has 0 unspecified atom stereocenters. The molecule has 2 aliphatic heterocycles. The van der Waals surface area contributed by atoms with Crippen LogP contribution in [-0.4, -0.2) is 153 Å². The van der Waals surface area contributed by atoms with Crippen molar-refractivity contribution < 1.29 is 73.8 Å². The molecule has 51 heavy (non-hydrogen) atoms. The fourth-order valence-electron chi connectivity index (χ4n) is 6.07. The molecule has 2 aromatic carbocycles. The normalized spacial score (nSPS) is 38.3. The van der Waals surface area contributed by atoms with Gasteiger partial charge in [0.05, 0.1) is 18.7 Å². The lowest BCUT2D eigenvalue weighted by molar-refractivity contribution is -0.333. The summed E-state index contributed by atoms with van der Waals surface area (Å²) in [5.74, 6) is 0.428. The number of nitrogens with one attached hydrogen (secondary N) is 2. The summed E-state index contributed by atoms with van der Waals surface area (Å²) in [4.78, 5) is 25.3. The third kappa shape index (κ3) is 9.28. The second-order valence-corrected chi connectivity index (χ2v) is 12.4. The number of hydrogen-bond donors (Lipinski definition) is 11. The molecule has 5 rings (SSSR count). The Morgan fingerprint density at radius 2 is 1.24 bits per heavy atom. The van der Waals surface area contributed by atoms with Crippen molar-refractivity contribution in [3.05, 3.63) is 60.7 Å². The molecule has 15 atom stereocenters. The van der Waals surface area contributed by atoms with Crippen LogP contribution in [0.15, 0.2) is 60.7 Å². The molecule has 1 saturated carbocycles. The molecule has 0 spiro atoms. The van der Waals surface area contributed by atoms with Gasteiger partial charge in [0, 0.05) is 12.6 Å². The number of ether oxygens (including phenoxy) is 6. The largest absolute Gasteiger partial charge is 0.412 e. The Hall–Kier alpha value is -3.54. The summed E-state index contributed by atoms with van der Waals surface area (Å²) in [7, 11) is 0. The number of aliphatic hydroxyl groups excluding tert-OH is 7. The molecular weight excluding hydrogens is 680 g/mol. The fraction of sp³-hybridized carbons (Fsp3) is 0.562. The van der Waals surface area contributed by atoms with E-state index in [4.69, 9.17) is 39.9 Å². The first-order chi connectivity index (χ1) is 24.4. The fourth-order valence-corrected chi connectivity index (χ4v) is 6.07.